The van der Waals surface area contributed by atoms with Crippen molar-refractivity contribution in [3.63, 3.8) is 0 Å². The highest BCUT2D eigenvalue weighted by Crippen LogP contribution is 1.99. The summed E-state index contributed by atoms with van der Waals surface area (Å²) in [4.78, 5) is 0. The van der Waals surface area contributed by atoms with Crippen LogP contribution in [0.3, 0.4) is 0 Å². The van der Waals surface area contributed by atoms with E-state index in [0.29, 0.717) is 0 Å². The zero-order chi connectivity index (χ0) is 4.24. The predicted octanol–water partition coefficient (Wildman–Crippen LogP) is 0.569. The molecule has 0 amide bonds. The summed E-state index contributed by atoms with van der Waals surface area (Å²) < 4.78 is 0. The van der Waals surface area contributed by atoms with Crippen LogP contribution in [0, 0.1) is 0 Å². The molecule has 0 atom stereocenters. The first-order valence-electron chi connectivity index (χ1n) is 2.28. The minimum Gasteiger partial charge on any atom is -0.315 e. The Labute approximate surface area is 44.0 Å². The van der Waals surface area contributed by atoms with E-state index < -0.39 is 0 Å². The molecule has 0 bridgehead atoms. The molecule has 0 unspecified atom stereocenters. The third-order valence-corrected chi connectivity index (χ3v) is 1.83. The Bertz CT molecular complexity index is 27.2. The van der Waals surface area contributed by atoms with Crippen molar-refractivity contribution >= 4 is 11.8 Å². The van der Waals surface area contributed by atoms with Crippen LogP contribution in [-0.2, 0) is 0 Å². The standard InChI is InChI=1S/C4H9NS.H2/c1-3-6-4-2-5-1;/h5H,1-4H2;1H. The molecule has 2 heteroatoms. The average Bonchev–Trinajstić information content (AvgIpc) is 1.72. The molecule has 0 aromatic carbocycles. The van der Waals surface area contributed by atoms with E-state index in [2.05, 4.69) is 5.32 Å². The number of thioether (sulfide) groups is 1. The minimum atomic E-state index is 0. The van der Waals surface area contributed by atoms with Crippen molar-refractivity contribution in [3.8, 4) is 0 Å². The SMILES string of the molecule is C1CSCCN1.[HH]. The van der Waals surface area contributed by atoms with Gasteiger partial charge in [-0.3, -0.25) is 0 Å². The third kappa shape index (κ3) is 1.19. The fourth-order valence-electron chi connectivity index (χ4n) is 0.516. The smallest absolute Gasteiger partial charge is 0.00585 e. The Morgan fingerprint density at radius 1 is 1.33 bits per heavy atom. The predicted molar refractivity (Wildman–Crippen MR) is 32.3 cm³/mol. The number of nitrogens with one attached hydrogen (secondary N) is 1. The summed E-state index contributed by atoms with van der Waals surface area (Å²) in [5, 5.41) is 3.26. The molecule has 0 aromatic heterocycles. The van der Waals surface area contributed by atoms with Gasteiger partial charge in [0.1, 0.15) is 0 Å². The molecule has 1 saturated heterocycles. The number of rotatable bonds is 0. The summed E-state index contributed by atoms with van der Waals surface area (Å²) in [7, 11) is 0. The van der Waals surface area contributed by atoms with E-state index in [4.69, 9.17) is 0 Å². The Hall–Kier alpha value is 0.310. The summed E-state index contributed by atoms with van der Waals surface area (Å²) in [6.45, 7) is 2.43. The summed E-state index contributed by atoms with van der Waals surface area (Å²) in [5.74, 6) is 2.61. The molecule has 1 rings (SSSR count). The van der Waals surface area contributed by atoms with Crippen molar-refractivity contribution in [3.05, 3.63) is 0 Å². The highest BCUT2D eigenvalue weighted by molar-refractivity contribution is 7.99. The van der Waals surface area contributed by atoms with Gasteiger partial charge in [-0.15, -0.1) is 0 Å². The van der Waals surface area contributed by atoms with E-state index in [9.17, 15) is 0 Å². The fraction of sp³-hybridized carbons (Fsp3) is 1.00. The van der Waals surface area contributed by atoms with Crippen LogP contribution in [0.1, 0.15) is 1.43 Å². The van der Waals surface area contributed by atoms with Gasteiger partial charge in [-0.1, -0.05) is 0 Å². The first-order chi connectivity index (χ1) is 3.00. The molecule has 1 heterocycles. The first kappa shape index (κ1) is 4.47. The molecule has 0 radical (unpaired) electrons. The molecule has 1 fully saturated rings. The maximum Gasteiger partial charge on any atom is 0.00585 e. The van der Waals surface area contributed by atoms with E-state index >= 15 is 0 Å². The second kappa shape index (κ2) is 2.48. The molecule has 0 aliphatic carbocycles. The second-order valence-electron chi connectivity index (χ2n) is 1.36. The summed E-state index contributed by atoms with van der Waals surface area (Å²) in [5.41, 5.74) is 0. The Kier molecular flexibility index (Phi) is 1.85. The fourth-order valence-corrected chi connectivity index (χ4v) is 1.30. The van der Waals surface area contributed by atoms with Crippen LogP contribution in [0.5, 0.6) is 0 Å². The largest absolute Gasteiger partial charge is 0.315 e. The molecule has 38 valence electrons. The van der Waals surface area contributed by atoms with Gasteiger partial charge in [0, 0.05) is 26.0 Å². The van der Waals surface area contributed by atoms with E-state index in [0.717, 1.165) is 0 Å². The van der Waals surface area contributed by atoms with Gasteiger partial charge in [-0.05, 0) is 0 Å². The maximum absolute atomic E-state index is 3.26. The van der Waals surface area contributed by atoms with Crippen molar-refractivity contribution < 1.29 is 1.43 Å². The van der Waals surface area contributed by atoms with Crippen molar-refractivity contribution in [1.82, 2.24) is 5.32 Å². The quantitative estimate of drug-likeness (QED) is 0.483. The monoisotopic (exact) mass is 105 g/mol. The van der Waals surface area contributed by atoms with Crippen LogP contribution in [0.25, 0.3) is 0 Å². The lowest BCUT2D eigenvalue weighted by Crippen LogP contribution is -2.24. The Morgan fingerprint density at radius 3 is 2.17 bits per heavy atom. The van der Waals surface area contributed by atoms with Crippen LogP contribution in [0.15, 0.2) is 0 Å². The molecule has 1 aliphatic rings. The van der Waals surface area contributed by atoms with Gasteiger partial charge < -0.3 is 5.32 Å². The van der Waals surface area contributed by atoms with E-state index in [1.807, 2.05) is 11.8 Å². The lowest BCUT2D eigenvalue weighted by atomic mass is 10.6. The molecule has 1 N–H and O–H groups in total. The lowest BCUT2D eigenvalue weighted by molar-refractivity contribution is 0.756. The van der Waals surface area contributed by atoms with Crippen LogP contribution >= 0.6 is 11.8 Å². The van der Waals surface area contributed by atoms with Crippen LogP contribution in [-0.4, -0.2) is 24.6 Å². The number of hydrogen-bond acceptors (Lipinski definition) is 2. The van der Waals surface area contributed by atoms with Gasteiger partial charge in [0.25, 0.3) is 0 Å². The van der Waals surface area contributed by atoms with Gasteiger partial charge in [0.2, 0.25) is 0 Å². The minimum absolute atomic E-state index is 0. The molecular weight excluding hydrogens is 94.1 g/mol. The van der Waals surface area contributed by atoms with Crippen LogP contribution in [0.2, 0.25) is 0 Å². The maximum atomic E-state index is 3.26. The zero-order valence-corrected chi connectivity index (χ0v) is 4.55. The van der Waals surface area contributed by atoms with Gasteiger partial charge in [0.15, 0.2) is 0 Å². The Morgan fingerprint density at radius 2 is 2.00 bits per heavy atom. The van der Waals surface area contributed by atoms with Gasteiger partial charge >= 0.3 is 0 Å². The van der Waals surface area contributed by atoms with E-state index in [1.54, 1.807) is 0 Å². The highest BCUT2D eigenvalue weighted by Gasteiger charge is 1.93. The molecule has 0 aromatic rings. The zero-order valence-electron chi connectivity index (χ0n) is 3.74. The second-order valence-corrected chi connectivity index (χ2v) is 2.59. The van der Waals surface area contributed by atoms with Crippen LogP contribution in [0.4, 0.5) is 0 Å². The summed E-state index contributed by atoms with van der Waals surface area (Å²) in [6, 6.07) is 0. The van der Waals surface area contributed by atoms with E-state index in [-0.39, 0.29) is 1.43 Å². The van der Waals surface area contributed by atoms with E-state index in [1.165, 1.54) is 24.6 Å². The molecule has 6 heavy (non-hydrogen) atoms. The van der Waals surface area contributed by atoms with Crippen molar-refractivity contribution in [2.75, 3.05) is 24.6 Å². The summed E-state index contributed by atoms with van der Waals surface area (Å²) >= 11 is 2.03. The molecule has 1 nitrogen and oxygen atoms in total. The Balaban J connectivity index is 0.000000360. The molecule has 1 aliphatic heterocycles. The number of hydrogen-bond donors (Lipinski definition) is 1. The topological polar surface area (TPSA) is 12.0 Å². The van der Waals surface area contributed by atoms with Gasteiger partial charge in [-0.25, -0.2) is 0 Å². The van der Waals surface area contributed by atoms with Crippen molar-refractivity contribution in [1.29, 1.82) is 0 Å². The highest BCUT2D eigenvalue weighted by atomic mass is 32.2. The van der Waals surface area contributed by atoms with Crippen molar-refractivity contribution in [2.24, 2.45) is 0 Å². The lowest BCUT2D eigenvalue weighted by Gasteiger charge is -2.08. The molecule has 0 spiro atoms. The molecule has 0 saturated carbocycles. The molecular formula is C4H11NS. The first-order valence-corrected chi connectivity index (χ1v) is 3.44. The van der Waals surface area contributed by atoms with Crippen molar-refractivity contribution in [2.45, 2.75) is 0 Å². The third-order valence-electron chi connectivity index (χ3n) is 0.846. The van der Waals surface area contributed by atoms with Crippen LogP contribution < -0.4 is 5.32 Å². The van der Waals surface area contributed by atoms with Gasteiger partial charge in [-0.2, -0.15) is 11.8 Å². The average molecular weight is 105 g/mol. The van der Waals surface area contributed by atoms with Gasteiger partial charge in [0.05, 0.1) is 0 Å². The summed E-state index contributed by atoms with van der Waals surface area (Å²) in [6.07, 6.45) is 0. The normalized spacial score (nSPS) is 24.0.